The summed E-state index contributed by atoms with van der Waals surface area (Å²) in [6.07, 6.45) is 2.87. The highest BCUT2D eigenvalue weighted by Crippen LogP contribution is 2.30. The van der Waals surface area contributed by atoms with Crippen LogP contribution in [0.3, 0.4) is 0 Å². The molecule has 2 aromatic rings. The second-order valence-electron chi connectivity index (χ2n) is 4.58. The predicted molar refractivity (Wildman–Crippen MR) is 93.7 cm³/mol. The Bertz CT molecular complexity index is 742. The number of rotatable bonds is 6. The smallest absolute Gasteiger partial charge is 0.245 e. The second-order valence-corrected chi connectivity index (χ2v) is 5.77. The molecule has 0 bridgehead atoms. The van der Waals surface area contributed by atoms with Gasteiger partial charge < -0.3 is 9.47 Å². The molecule has 3 nitrogen and oxygen atoms in total. The maximum atomic E-state index is 10.8. The normalized spacial score (nSPS) is 10.8. The first-order valence-corrected chi connectivity index (χ1v) is 7.75. The molecule has 0 radical (unpaired) electrons. The first kappa shape index (κ1) is 17.7. The molecule has 0 N–H and O–H groups in total. The number of hydrogen-bond acceptors (Lipinski definition) is 3. The van der Waals surface area contributed by atoms with E-state index in [-0.39, 0.29) is 0 Å². The van der Waals surface area contributed by atoms with E-state index < -0.39 is 5.24 Å². The molecule has 0 fully saturated rings. The number of methoxy groups -OCH3 is 1. The molecule has 0 aliphatic carbocycles. The summed E-state index contributed by atoms with van der Waals surface area (Å²) in [5.74, 6) is 1.13. The highest BCUT2D eigenvalue weighted by Gasteiger charge is 2.07. The summed E-state index contributed by atoms with van der Waals surface area (Å²) < 4.78 is 11.0. The number of carbonyl (C=O) groups is 1. The van der Waals surface area contributed by atoms with Gasteiger partial charge in [0, 0.05) is 0 Å². The molecular weight excluding hydrogens is 359 g/mol. The Morgan fingerprint density at radius 1 is 1.09 bits per heavy atom. The van der Waals surface area contributed by atoms with Gasteiger partial charge in [-0.05, 0) is 53.1 Å². The molecule has 0 spiro atoms. The Morgan fingerprint density at radius 3 is 2.52 bits per heavy atom. The number of halogens is 3. The molecule has 120 valence electrons. The summed E-state index contributed by atoms with van der Waals surface area (Å²) in [6, 6.07) is 10.6. The topological polar surface area (TPSA) is 35.5 Å². The molecule has 2 rings (SSSR count). The van der Waals surface area contributed by atoms with Crippen LogP contribution in [-0.4, -0.2) is 12.4 Å². The first-order chi connectivity index (χ1) is 11.0. The minimum Gasteiger partial charge on any atom is -0.493 e. The fourth-order valence-electron chi connectivity index (χ4n) is 1.86. The zero-order chi connectivity index (χ0) is 16.8. The maximum Gasteiger partial charge on any atom is 0.245 e. The van der Waals surface area contributed by atoms with Crippen LogP contribution < -0.4 is 9.47 Å². The standard InChI is InChI=1S/C17H13Cl3O3/c1-22-15-6-3-11(4-7-17(20)21)9-16(15)23-10-12-2-5-13(18)14(19)8-12/h2-9H,10H2,1H3/b7-4+. The van der Waals surface area contributed by atoms with Gasteiger partial charge in [0.15, 0.2) is 11.5 Å². The zero-order valence-corrected chi connectivity index (χ0v) is 14.5. The van der Waals surface area contributed by atoms with E-state index in [0.29, 0.717) is 28.2 Å². The molecule has 2 aromatic carbocycles. The summed E-state index contributed by atoms with van der Waals surface area (Å²) in [7, 11) is 1.55. The lowest BCUT2D eigenvalue weighted by Crippen LogP contribution is -1.98. The van der Waals surface area contributed by atoms with Gasteiger partial charge in [0.25, 0.3) is 0 Å². The Kier molecular flexibility index (Phi) is 6.34. The third-order valence-corrected chi connectivity index (χ3v) is 3.84. The van der Waals surface area contributed by atoms with E-state index in [2.05, 4.69) is 0 Å². The first-order valence-electron chi connectivity index (χ1n) is 6.62. The van der Waals surface area contributed by atoms with Gasteiger partial charge in [0.2, 0.25) is 5.24 Å². The summed E-state index contributed by atoms with van der Waals surface area (Å²) >= 11 is 17.2. The molecule has 0 aliphatic heterocycles. The Balaban J connectivity index is 2.18. The second kappa shape index (κ2) is 8.25. The Morgan fingerprint density at radius 2 is 1.87 bits per heavy atom. The monoisotopic (exact) mass is 370 g/mol. The molecule has 0 aliphatic rings. The number of hydrogen-bond donors (Lipinski definition) is 0. The molecule has 6 heteroatoms. The van der Waals surface area contributed by atoms with Crippen molar-refractivity contribution in [1.82, 2.24) is 0 Å². The zero-order valence-electron chi connectivity index (χ0n) is 12.2. The average Bonchev–Trinajstić information content (AvgIpc) is 2.54. The van der Waals surface area contributed by atoms with E-state index in [4.69, 9.17) is 44.3 Å². The number of carbonyl (C=O) groups excluding carboxylic acids is 1. The summed E-state index contributed by atoms with van der Waals surface area (Å²) in [6.45, 7) is 0.300. The largest absolute Gasteiger partial charge is 0.493 e. The van der Waals surface area contributed by atoms with Crippen molar-refractivity contribution in [1.29, 1.82) is 0 Å². The van der Waals surface area contributed by atoms with E-state index in [1.54, 1.807) is 43.5 Å². The van der Waals surface area contributed by atoms with Crippen molar-refractivity contribution in [3.8, 4) is 11.5 Å². The molecule has 0 unspecified atom stereocenters. The van der Waals surface area contributed by atoms with Gasteiger partial charge in [-0.15, -0.1) is 0 Å². The fourth-order valence-corrected chi connectivity index (χ4v) is 2.25. The van der Waals surface area contributed by atoms with Crippen molar-refractivity contribution in [3.63, 3.8) is 0 Å². The number of allylic oxidation sites excluding steroid dienone is 1. The van der Waals surface area contributed by atoms with Crippen LogP contribution in [0.1, 0.15) is 11.1 Å². The third-order valence-electron chi connectivity index (χ3n) is 2.97. The van der Waals surface area contributed by atoms with Gasteiger partial charge in [-0.3, -0.25) is 4.79 Å². The predicted octanol–water partition coefficient (Wildman–Crippen LogP) is 5.36. The quantitative estimate of drug-likeness (QED) is 0.506. The number of ether oxygens (including phenoxy) is 2. The number of benzene rings is 2. The fraction of sp³-hybridized carbons (Fsp3) is 0.118. The van der Waals surface area contributed by atoms with E-state index in [9.17, 15) is 4.79 Å². The van der Waals surface area contributed by atoms with Crippen LogP contribution in [0.25, 0.3) is 6.08 Å². The Hall–Kier alpha value is -1.68. The van der Waals surface area contributed by atoms with Crippen LogP contribution in [-0.2, 0) is 11.4 Å². The molecule has 23 heavy (non-hydrogen) atoms. The molecule has 0 aromatic heterocycles. The summed E-state index contributed by atoms with van der Waals surface area (Å²) in [5, 5.41) is 0.419. The SMILES string of the molecule is COc1ccc(/C=C/C(=O)Cl)cc1OCc1ccc(Cl)c(Cl)c1. The van der Waals surface area contributed by atoms with Gasteiger partial charge in [0.1, 0.15) is 6.61 Å². The highest BCUT2D eigenvalue weighted by molar-refractivity contribution is 6.66. The van der Waals surface area contributed by atoms with Crippen molar-refractivity contribution in [3.05, 3.63) is 63.6 Å². The van der Waals surface area contributed by atoms with Gasteiger partial charge in [-0.1, -0.05) is 41.4 Å². The van der Waals surface area contributed by atoms with Crippen molar-refractivity contribution in [2.45, 2.75) is 6.61 Å². The lowest BCUT2D eigenvalue weighted by molar-refractivity contribution is -0.107. The molecule has 0 saturated carbocycles. The van der Waals surface area contributed by atoms with Crippen LogP contribution in [0.4, 0.5) is 0 Å². The minimum absolute atomic E-state index is 0.300. The van der Waals surface area contributed by atoms with Gasteiger partial charge in [-0.2, -0.15) is 0 Å². The van der Waals surface area contributed by atoms with Crippen molar-refractivity contribution >= 4 is 46.1 Å². The van der Waals surface area contributed by atoms with E-state index in [0.717, 1.165) is 11.1 Å². The van der Waals surface area contributed by atoms with Gasteiger partial charge >= 0.3 is 0 Å². The summed E-state index contributed by atoms with van der Waals surface area (Å²) in [4.78, 5) is 10.8. The van der Waals surface area contributed by atoms with Crippen LogP contribution in [0, 0.1) is 0 Å². The molecule has 0 saturated heterocycles. The Labute approximate surface area is 149 Å². The van der Waals surface area contributed by atoms with Crippen LogP contribution in [0.5, 0.6) is 11.5 Å². The lowest BCUT2D eigenvalue weighted by Gasteiger charge is -2.12. The summed E-state index contributed by atoms with van der Waals surface area (Å²) in [5.41, 5.74) is 1.64. The highest BCUT2D eigenvalue weighted by atomic mass is 35.5. The molecular formula is C17H13Cl3O3. The minimum atomic E-state index is -0.543. The third kappa shape index (κ3) is 5.17. The van der Waals surface area contributed by atoms with Crippen molar-refractivity contribution in [2.24, 2.45) is 0 Å². The van der Waals surface area contributed by atoms with Gasteiger partial charge in [0.05, 0.1) is 17.2 Å². The molecule has 0 atom stereocenters. The lowest BCUT2D eigenvalue weighted by atomic mass is 10.2. The van der Waals surface area contributed by atoms with Crippen molar-refractivity contribution in [2.75, 3.05) is 7.11 Å². The van der Waals surface area contributed by atoms with Crippen LogP contribution >= 0.6 is 34.8 Å². The average molecular weight is 372 g/mol. The van der Waals surface area contributed by atoms with Crippen LogP contribution in [0.15, 0.2) is 42.5 Å². The van der Waals surface area contributed by atoms with E-state index in [1.807, 2.05) is 6.07 Å². The van der Waals surface area contributed by atoms with Crippen molar-refractivity contribution < 1.29 is 14.3 Å². The molecule has 0 heterocycles. The van der Waals surface area contributed by atoms with E-state index in [1.165, 1.54) is 6.08 Å². The maximum absolute atomic E-state index is 10.8. The van der Waals surface area contributed by atoms with Gasteiger partial charge in [-0.25, -0.2) is 0 Å². The van der Waals surface area contributed by atoms with E-state index >= 15 is 0 Å². The van der Waals surface area contributed by atoms with Crippen LogP contribution in [0.2, 0.25) is 10.0 Å². The molecule has 0 amide bonds.